The Morgan fingerprint density at radius 3 is 2.52 bits per heavy atom. The van der Waals surface area contributed by atoms with Gasteiger partial charge in [-0.05, 0) is 48.6 Å². The number of hydrogen-bond donors (Lipinski definition) is 1. The van der Waals surface area contributed by atoms with Gasteiger partial charge in [-0.25, -0.2) is 5.43 Å². The van der Waals surface area contributed by atoms with Crippen LogP contribution in [0, 0.1) is 10.1 Å². The van der Waals surface area contributed by atoms with Crippen LogP contribution in [0.2, 0.25) is 0 Å². The van der Waals surface area contributed by atoms with E-state index in [4.69, 9.17) is 4.74 Å². The highest BCUT2D eigenvalue weighted by atomic mass is 16.6. The summed E-state index contributed by atoms with van der Waals surface area (Å²) in [7, 11) is 0. The summed E-state index contributed by atoms with van der Waals surface area (Å²) >= 11 is 0. The molecule has 1 N–H and O–H groups in total. The molecule has 0 saturated heterocycles. The van der Waals surface area contributed by atoms with E-state index in [2.05, 4.69) is 24.4 Å². The molecule has 0 fully saturated rings. The number of nitrogens with one attached hydrogen (secondary N) is 1. The predicted molar refractivity (Wildman–Crippen MR) is 104 cm³/mol. The summed E-state index contributed by atoms with van der Waals surface area (Å²) in [4.78, 5) is 22.2. The number of rotatable bonds is 8. The van der Waals surface area contributed by atoms with Gasteiger partial charge in [0.05, 0.1) is 10.6 Å². The van der Waals surface area contributed by atoms with E-state index in [9.17, 15) is 14.9 Å². The van der Waals surface area contributed by atoms with Crippen molar-refractivity contribution < 1.29 is 14.5 Å². The summed E-state index contributed by atoms with van der Waals surface area (Å²) in [5.41, 5.74) is 4.74. The average molecular weight is 369 g/mol. The number of carbonyl (C=O) groups is 1. The maximum atomic E-state index is 12.0. The van der Waals surface area contributed by atoms with E-state index in [1.807, 2.05) is 24.3 Å². The topological polar surface area (TPSA) is 93.8 Å². The number of benzene rings is 2. The lowest BCUT2D eigenvalue weighted by Gasteiger charge is -2.15. The minimum Gasteiger partial charge on any atom is -0.483 e. The van der Waals surface area contributed by atoms with Crippen LogP contribution in [0.5, 0.6) is 5.75 Å². The van der Waals surface area contributed by atoms with Crippen molar-refractivity contribution >= 4 is 17.3 Å². The van der Waals surface area contributed by atoms with Crippen molar-refractivity contribution in [1.29, 1.82) is 0 Å². The first-order valence-corrected chi connectivity index (χ1v) is 8.72. The number of carbonyl (C=O) groups excluding carboxylic acids is 1. The zero-order valence-corrected chi connectivity index (χ0v) is 15.6. The third-order valence-electron chi connectivity index (χ3n) is 4.27. The quantitative estimate of drug-likeness (QED) is 0.432. The van der Waals surface area contributed by atoms with E-state index in [1.165, 1.54) is 12.1 Å². The van der Waals surface area contributed by atoms with E-state index in [0.717, 1.165) is 12.0 Å². The van der Waals surface area contributed by atoms with Gasteiger partial charge < -0.3 is 4.74 Å². The first-order chi connectivity index (χ1) is 12.9. The Morgan fingerprint density at radius 1 is 1.22 bits per heavy atom. The number of nitro groups is 1. The van der Waals surface area contributed by atoms with Crippen LogP contribution in [0.25, 0.3) is 0 Å². The molecule has 1 unspecified atom stereocenters. The van der Waals surface area contributed by atoms with Gasteiger partial charge in [0.25, 0.3) is 11.6 Å². The maximum absolute atomic E-state index is 12.0. The number of nitro benzene ring substituents is 1. The number of non-ortho nitro benzene ring substituents is 1. The van der Waals surface area contributed by atoms with Gasteiger partial charge in [0.15, 0.2) is 6.61 Å². The predicted octanol–water partition coefficient (Wildman–Crippen LogP) is 4.03. The second-order valence-electron chi connectivity index (χ2n) is 6.17. The normalized spacial score (nSPS) is 12.3. The number of ether oxygens (including phenoxy) is 1. The van der Waals surface area contributed by atoms with E-state index >= 15 is 0 Å². The molecule has 2 aromatic carbocycles. The number of amides is 1. The smallest absolute Gasteiger partial charge is 0.277 e. The molecule has 1 amide bonds. The molecular weight excluding hydrogens is 346 g/mol. The van der Waals surface area contributed by atoms with Gasteiger partial charge >= 0.3 is 0 Å². The third kappa shape index (κ3) is 5.64. The fraction of sp³-hybridized carbons (Fsp3) is 0.300. The Bertz CT molecular complexity index is 831. The zero-order valence-electron chi connectivity index (χ0n) is 15.6. The summed E-state index contributed by atoms with van der Waals surface area (Å²) in [6.45, 7) is 5.77. The molecule has 2 aromatic rings. The average Bonchev–Trinajstić information content (AvgIpc) is 2.70. The molecular formula is C20H23N3O4. The first kappa shape index (κ1) is 20.1. The van der Waals surface area contributed by atoms with E-state index in [-0.39, 0.29) is 18.2 Å². The molecule has 0 aromatic heterocycles. The van der Waals surface area contributed by atoms with Crippen LogP contribution < -0.4 is 10.2 Å². The first-order valence-electron chi connectivity index (χ1n) is 8.72. The minimum atomic E-state index is -0.466. The Kier molecular flexibility index (Phi) is 7.05. The summed E-state index contributed by atoms with van der Waals surface area (Å²) in [6.07, 6.45) is 0.977. The van der Waals surface area contributed by atoms with Crippen LogP contribution in [-0.4, -0.2) is 23.1 Å². The number of nitrogens with zero attached hydrogens (tertiary/aromatic N) is 2. The highest BCUT2D eigenvalue weighted by Gasteiger charge is 2.11. The molecule has 0 saturated carbocycles. The maximum Gasteiger partial charge on any atom is 0.277 e. The van der Waals surface area contributed by atoms with Crippen LogP contribution in [0.1, 0.15) is 44.2 Å². The molecule has 0 aliphatic heterocycles. The molecule has 2 rings (SSSR count). The molecule has 0 heterocycles. The third-order valence-corrected chi connectivity index (χ3v) is 4.27. The molecule has 0 bridgehead atoms. The lowest BCUT2D eigenvalue weighted by molar-refractivity contribution is -0.384. The molecule has 142 valence electrons. The summed E-state index contributed by atoms with van der Waals surface area (Å²) in [5.74, 6) is 0.653. The molecule has 27 heavy (non-hydrogen) atoms. The van der Waals surface area contributed by atoms with Crippen LogP contribution in [0.4, 0.5) is 5.69 Å². The molecule has 0 radical (unpaired) electrons. The van der Waals surface area contributed by atoms with E-state index < -0.39 is 4.92 Å². The van der Waals surface area contributed by atoms with E-state index in [1.54, 1.807) is 19.1 Å². The number of hydrazone groups is 1. The van der Waals surface area contributed by atoms with Crippen molar-refractivity contribution in [2.45, 2.75) is 33.1 Å². The fourth-order valence-electron chi connectivity index (χ4n) is 2.45. The standard InChI is InChI=1S/C20H23N3O4/c1-4-14(2)18-7-5-6-8-19(18)27-13-20(24)22-21-15(3)16-9-11-17(12-10-16)23(25)26/h5-12,14H,4,13H2,1-3H3,(H,22,24)/b21-15-. The van der Waals surface area contributed by atoms with Gasteiger partial charge in [0.1, 0.15) is 5.75 Å². The van der Waals surface area contributed by atoms with Gasteiger partial charge in [-0.2, -0.15) is 5.10 Å². The Hall–Kier alpha value is -3.22. The van der Waals surface area contributed by atoms with Gasteiger partial charge in [0.2, 0.25) is 0 Å². The summed E-state index contributed by atoms with van der Waals surface area (Å²) in [6, 6.07) is 13.6. The lowest BCUT2D eigenvalue weighted by atomic mass is 9.98. The highest BCUT2D eigenvalue weighted by Crippen LogP contribution is 2.28. The summed E-state index contributed by atoms with van der Waals surface area (Å²) in [5, 5.41) is 14.7. The van der Waals surface area contributed by atoms with Crippen LogP contribution in [0.3, 0.4) is 0 Å². The van der Waals surface area contributed by atoms with E-state index in [0.29, 0.717) is 22.9 Å². The SMILES string of the molecule is CCC(C)c1ccccc1OCC(=O)N/N=C(/C)c1ccc([N+](=O)[O-])cc1. The van der Waals surface area contributed by atoms with Gasteiger partial charge in [-0.3, -0.25) is 14.9 Å². The lowest BCUT2D eigenvalue weighted by Crippen LogP contribution is -2.26. The van der Waals surface area contributed by atoms with Crippen LogP contribution in [0.15, 0.2) is 53.6 Å². The molecule has 0 aliphatic carbocycles. The highest BCUT2D eigenvalue weighted by molar-refractivity contribution is 5.99. The molecule has 7 heteroatoms. The van der Waals surface area contributed by atoms with Crippen molar-refractivity contribution in [3.05, 3.63) is 69.8 Å². The minimum absolute atomic E-state index is 0.00367. The zero-order chi connectivity index (χ0) is 19.8. The molecule has 0 spiro atoms. The monoisotopic (exact) mass is 369 g/mol. The van der Waals surface area contributed by atoms with Crippen molar-refractivity contribution in [2.75, 3.05) is 6.61 Å². The Labute approximate surface area is 158 Å². The number of para-hydroxylation sites is 1. The number of hydrogen-bond acceptors (Lipinski definition) is 5. The largest absolute Gasteiger partial charge is 0.483 e. The second-order valence-corrected chi connectivity index (χ2v) is 6.17. The summed E-state index contributed by atoms with van der Waals surface area (Å²) < 4.78 is 5.65. The van der Waals surface area contributed by atoms with Gasteiger partial charge in [0, 0.05) is 12.1 Å². The van der Waals surface area contributed by atoms with Crippen molar-refractivity contribution in [2.24, 2.45) is 5.10 Å². The second kappa shape index (κ2) is 9.47. The van der Waals surface area contributed by atoms with Gasteiger partial charge in [-0.15, -0.1) is 0 Å². The van der Waals surface area contributed by atoms with Crippen molar-refractivity contribution in [3.63, 3.8) is 0 Å². The Balaban J connectivity index is 1.94. The van der Waals surface area contributed by atoms with Crippen molar-refractivity contribution in [3.8, 4) is 5.75 Å². The van der Waals surface area contributed by atoms with Crippen LogP contribution >= 0.6 is 0 Å². The molecule has 0 aliphatic rings. The van der Waals surface area contributed by atoms with Gasteiger partial charge in [-0.1, -0.05) is 32.0 Å². The molecule has 7 nitrogen and oxygen atoms in total. The molecule has 1 atom stereocenters. The fourth-order valence-corrected chi connectivity index (χ4v) is 2.45. The Morgan fingerprint density at radius 2 is 1.89 bits per heavy atom. The van der Waals surface area contributed by atoms with Crippen molar-refractivity contribution in [1.82, 2.24) is 5.43 Å². The van der Waals surface area contributed by atoms with Crippen LogP contribution in [-0.2, 0) is 4.79 Å².